The number of nitrogens with one attached hydrogen (secondary N) is 1. The zero-order valence-electron chi connectivity index (χ0n) is 12.0. The van der Waals surface area contributed by atoms with Gasteiger partial charge in [0.2, 0.25) is 10.0 Å². The molecule has 2 heterocycles. The lowest BCUT2D eigenvalue weighted by Gasteiger charge is -2.13. The number of pyridine rings is 1. The first-order valence-electron chi connectivity index (χ1n) is 6.57. The van der Waals surface area contributed by atoms with Gasteiger partial charge in [0.15, 0.2) is 9.84 Å². The van der Waals surface area contributed by atoms with Crippen LogP contribution in [-0.2, 0) is 19.9 Å². The van der Waals surface area contributed by atoms with Gasteiger partial charge in [-0.1, -0.05) is 0 Å². The van der Waals surface area contributed by atoms with E-state index >= 15 is 0 Å². The van der Waals surface area contributed by atoms with Crippen LogP contribution in [0, 0.1) is 0 Å². The van der Waals surface area contributed by atoms with E-state index in [9.17, 15) is 16.8 Å². The van der Waals surface area contributed by atoms with Crippen LogP contribution in [0.3, 0.4) is 0 Å². The van der Waals surface area contributed by atoms with Crippen LogP contribution in [0.4, 0.5) is 5.82 Å². The summed E-state index contributed by atoms with van der Waals surface area (Å²) >= 11 is 0. The Bertz CT molecular complexity index is 697. The zero-order valence-corrected chi connectivity index (χ0v) is 13.6. The Morgan fingerprint density at radius 2 is 2.10 bits per heavy atom. The van der Waals surface area contributed by atoms with Crippen LogP contribution in [0.2, 0.25) is 0 Å². The molecule has 0 saturated carbocycles. The summed E-state index contributed by atoms with van der Waals surface area (Å²) in [4.78, 5) is 4.13. The molecule has 0 spiro atoms. The molecule has 1 N–H and O–H groups in total. The first kappa shape index (κ1) is 16.2. The summed E-state index contributed by atoms with van der Waals surface area (Å²) in [6.45, 7) is 0.301. The topological polar surface area (TPSA) is 96.4 Å². The van der Waals surface area contributed by atoms with Gasteiger partial charge in [0.1, 0.15) is 10.7 Å². The number of sulfone groups is 1. The number of hydrogen-bond acceptors (Lipinski definition) is 6. The normalized spacial score (nSPS) is 21.6. The van der Waals surface area contributed by atoms with Gasteiger partial charge >= 0.3 is 0 Å². The van der Waals surface area contributed by atoms with Crippen molar-refractivity contribution in [3.05, 3.63) is 18.3 Å². The van der Waals surface area contributed by atoms with Gasteiger partial charge in [0, 0.05) is 26.8 Å². The van der Waals surface area contributed by atoms with Crippen molar-refractivity contribution in [1.82, 2.24) is 9.29 Å². The SMILES string of the molecule is CN(C)S(=O)(=O)c1ccc(NCC2CCCS2(=O)=O)nc1. The molecule has 1 saturated heterocycles. The molecule has 1 aliphatic rings. The largest absolute Gasteiger partial charge is 0.369 e. The van der Waals surface area contributed by atoms with Crippen molar-refractivity contribution >= 4 is 25.7 Å². The summed E-state index contributed by atoms with van der Waals surface area (Å²) in [6.07, 6.45) is 2.62. The summed E-state index contributed by atoms with van der Waals surface area (Å²) < 4.78 is 48.3. The monoisotopic (exact) mass is 333 g/mol. The molecule has 0 bridgehead atoms. The van der Waals surface area contributed by atoms with Gasteiger partial charge in [-0.2, -0.15) is 0 Å². The molecular formula is C12H19N3O4S2. The quantitative estimate of drug-likeness (QED) is 0.834. The van der Waals surface area contributed by atoms with E-state index in [1.54, 1.807) is 0 Å². The van der Waals surface area contributed by atoms with Gasteiger partial charge in [0.05, 0.1) is 11.0 Å². The molecule has 1 fully saturated rings. The third-order valence-electron chi connectivity index (χ3n) is 3.49. The molecule has 2 rings (SSSR count). The van der Waals surface area contributed by atoms with E-state index in [-0.39, 0.29) is 15.9 Å². The first-order valence-corrected chi connectivity index (χ1v) is 9.73. The van der Waals surface area contributed by atoms with Crippen LogP contribution >= 0.6 is 0 Å². The predicted octanol–water partition coefficient (Wildman–Crippen LogP) is 0.321. The average molecular weight is 333 g/mol. The number of aromatic nitrogens is 1. The second kappa shape index (κ2) is 5.90. The summed E-state index contributed by atoms with van der Waals surface area (Å²) in [5, 5.41) is 2.57. The van der Waals surface area contributed by atoms with Crippen LogP contribution < -0.4 is 5.32 Å². The highest BCUT2D eigenvalue weighted by Crippen LogP contribution is 2.20. The Morgan fingerprint density at radius 1 is 1.38 bits per heavy atom. The van der Waals surface area contributed by atoms with Gasteiger partial charge in [-0.05, 0) is 25.0 Å². The number of anilines is 1. The maximum absolute atomic E-state index is 11.9. The van der Waals surface area contributed by atoms with Crippen LogP contribution in [0.1, 0.15) is 12.8 Å². The molecule has 1 aromatic rings. The standard InChI is InChI=1S/C12H19N3O4S2/c1-15(2)21(18,19)11-5-6-12(14-9-11)13-8-10-4-3-7-20(10,16)17/h5-6,9-10H,3-4,7-8H2,1-2H3,(H,13,14). The Labute approximate surface area is 125 Å². The fourth-order valence-corrected chi connectivity index (χ4v) is 4.77. The maximum atomic E-state index is 11.9. The van der Waals surface area contributed by atoms with Crippen molar-refractivity contribution in [2.75, 3.05) is 31.7 Å². The van der Waals surface area contributed by atoms with Crippen LogP contribution in [0.5, 0.6) is 0 Å². The van der Waals surface area contributed by atoms with Crippen LogP contribution in [0.25, 0.3) is 0 Å². The van der Waals surface area contributed by atoms with E-state index in [0.717, 1.165) is 4.31 Å². The molecule has 0 amide bonds. The van der Waals surface area contributed by atoms with Gasteiger partial charge in [-0.3, -0.25) is 0 Å². The third kappa shape index (κ3) is 3.53. The van der Waals surface area contributed by atoms with Gasteiger partial charge < -0.3 is 5.32 Å². The van der Waals surface area contributed by atoms with E-state index in [4.69, 9.17) is 0 Å². The second-order valence-electron chi connectivity index (χ2n) is 5.18. The second-order valence-corrected chi connectivity index (χ2v) is 9.73. The molecule has 1 atom stereocenters. The highest BCUT2D eigenvalue weighted by molar-refractivity contribution is 7.92. The molecule has 118 valence electrons. The molecule has 0 radical (unpaired) electrons. The molecule has 0 aliphatic carbocycles. The number of sulfonamides is 1. The van der Waals surface area contributed by atoms with Crippen molar-refractivity contribution < 1.29 is 16.8 Å². The minimum absolute atomic E-state index is 0.103. The van der Waals surface area contributed by atoms with E-state index in [2.05, 4.69) is 10.3 Å². The Balaban J connectivity index is 2.04. The highest BCUT2D eigenvalue weighted by Gasteiger charge is 2.30. The maximum Gasteiger partial charge on any atom is 0.244 e. The Kier molecular flexibility index (Phi) is 4.54. The average Bonchev–Trinajstić information content (AvgIpc) is 2.75. The van der Waals surface area contributed by atoms with Gasteiger partial charge in [0.25, 0.3) is 0 Å². The number of nitrogens with zero attached hydrogens (tertiary/aromatic N) is 2. The molecule has 21 heavy (non-hydrogen) atoms. The molecule has 9 heteroatoms. The van der Waals surface area contributed by atoms with Gasteiger partial charge in [-0.25, -0.2) is 26.1 Å². The van der Waals surface area contributed by atoms with Crippen molar-refractivity contribution in [3.8, 4) is 0 Å². The molecule has 7 nitrogen and oxygen atoms in total. The summed E-state index contributed by atoms with van der Waals surface area (Å²) in [7, 11) is -3.59. The lowest BCUT2D eigenvalue weighted by Crippen LogP contribution is -2.25. The number of hydrogen-bond donors (Lipinski definition) is 1. The fraction of sp³-hybridized carbons (Fsp3) is 0.583. The molecular weight excluding hydrogens is 314 g/mol. The minimum atomic E-state index is -3.50. The predicted molar refractivity (Wildman–Crippen MR) is 80.4 cm³/mol. The van der Waals surface area contributed by atoms with Crippen LogP contribution in [-0.4, -0.2) is 57.8 Å². The zero-order chi connectivity index (χ0) is 15.7. The fourth-order valence-electron chi connectivity index (χ4n) is 2.15. The minimum Gasteiger partial charge on any atom is -0.369 e. The van der Waals surface area contributed by atoms with Gasteiger partial charge in [-0.15, -0.1) is 0 Å². The highest BCUT2D eigenvalue weighted by atomic mass is 32.2. The lowest BCUT2D eigenvalue weighted by atomic mass is 10.2. The Morgan fingerprint density at radius 3 is 2.57 bits per heavy atom. The molecule has 0 aromatic carbocycles. The van der Waals surface area contributed by atoms with E-state index < -0.39 is 19.9 Å². The van der Waals surface area contributed by atoms with E-state index in [0.29, 0.717) is 25.2 Å². The summed E-state index contributed by atoms with van der Waals surface area (Å²) in [5.41, 5.74) is 0. The van der Waals surface area contributed by atoms with Crippen molar-refractivity contribution in [2.24, 2.45) is 0 Å². The lowest BCUT2D eigenvalue weighted by molar-refractivity contribution is 0.520. The van der Waals surface area contributed by atoms with Crippen molar-refractivity contribution in [1.29, 1.82) is 0 Å². The summed E-state index contributed by atoms with van der Waals surface area (Å²) in [5.74, 6) is 0.710. The van der Waals surface area contributed by atoms with E-state index in [1.807, 2.05) is 0 Å². The van der Waals surface area contributed by atoms with Crippen LogP contribution in [0.15, 0.2) is 23.2 Å². The van der Waals surface area contributed by atoms with Crippen molar-refractivity contribution in [3.63, 3.8) is 0 Å². The smallest absolute Gasteiger partial charge is 0.244 e. The van der Waals surface area contributed by atoms with Crippen molar-refractivity contribution in [2.45, 2.75) is 23.0 Å². The Hall–Kier alpha value is -1.19. The number of rotatable bonds is 5. The third-order valence-corrected chi connectivity index (χ3v) is 7.56. The first-order chi connectivity index (χ1) is 9.73. The summed E-state index contributed by atoms with van der Waals surface area (Å²) in [6, 6.07) is 2.99. The van der Waals surface area contributed by atoms with E-state index in [1.165, 1.54) is 32.4 Å². The molecule has 1 aliphatic heterocycles. The molecule has 1 unspecified atom stereocenters. The molecule has 1 aromatic heterocycles.